The molecule has 0 aliphatic rings. The Morgan fingerprint density at radius 2 is 2.09 bits per heavy atom. The number of aryl methyl sites for hydroxylation is 2. The van der Waals surface area contributed by atoms with Crippen molar-refractivity contribution in [3.63, 3.8) is 0 Å². The summed E-state index contributed by atoms with van der Waals surface area (Å²) in [7, 11) is 1.56. The van der Waals surface area contributed by atoms with Gasteiger partial charge >= 0.3 is 0 Å². The molecule has 1 atom stereocenters. The molecular weight excluding hydrogens is 319 g/mol. The van der Waals surface area contributed by atoms with E-state index in [1.807, 2.05) is 0 Å². The quantitative estimate of drug-likeness (QED) is 0.910. The van der Waals surface area contributed by atoms with Gasteiger partial charge in [-0.05, 0) is 30.5 Å². The van der Waals surface area contributed by atoms with E-state index < -0.39 is 0 Å². The van der Waals surface area contributed by atoms with Crippen molar-refractivity contribution in [3.8, 4) is 0 Å². The van der Waals surface area contributed by atoms with Gasteiger partial charge in [0.1, 0.15) is 10.8 Å². The van der Waals surface area contributed by atoms with E-state index in [1.165, 1.54) is 22.9 Å². The molecule has 1 aromatic carbocycles. The highest BCUT2D eigenvalue weighted by Crippen LogP contribution is 2.16. The number of pyridine rings is 1. The molecule has 0 bridgehead atoms. The van der Waals surface area contributed by atoms with Crippen LogP contribution in [0.3, 0.4) is 0 Å². The van der Waals surface area contributed by atoms with Crippen molar-refractivity contribution in [2.75, 3.05) is 5.32 Å². The molecule has 0 aliphatic carbocycles. The van der Waals surface area contributed by atoms with Crippen molar-refractivity contribution in [1.82, 2.24) is 4.57 Å². The van der Waals surface area contributed by atoms with E-state index in [0.29, 0.717) is 24.1 Å². The van der Waals surface area contributed by atoms with Crippen LogP contribution in [0.5, 0.6) is 0 Å². The van der Waals surface area contributed by atoms with Crippen molar-refractivity contribution in [2.45, 2.75) is 19.8 Å². The minimum atomic E-state index is -0.322. The van der Waals surface area contributed by atoms with Crippen molar-refractivity contribution in [1.29, 1.82) is 0 Å². The number of carbonyl (C=O) groups excluding carboxylic acids is 1. The summed E-state index contributed by atoms with van der Waals surface area (Å²) in [6, 6.07) is 7.96. The molecule has 0 spiro atoms. The van der Waals surface area contributed by atoms with E-state index in [0.717, 1.165) is 0 Å². The third-order valence-corrected chi connectivity index (χ3v) is 3.93. The third-order valence-electron chi connectivity index (χ3n) is 3.66. The molecule has 0 saturated heterocycles. The van der Waals surface area contributed by atoms with Crippen LogP contribution in [0, 0.1) is 11.7 Å². The van der Waals surface area contributed by atoms with E-state index in [2.05, 4.69) is 5.32 Å². The Bertz CT molecular complexity index is 747. The standard InChI is InChI=1S/C17H18ClFN2O2/c1-11(7-8-12-5-3-4-6-15(12)19)16(22)20-13-9-14(18)17(23)21(2)10-13/h3-6,9-11H,7-8H2,1-2H3,(H,20,22)/t11-/m1/s1. The molecule has 0 saturated carbocycles. The number of hydrogen-bond acceptors (Lipinski definition) is 2. The zero-order valence-electron chi connectivity index (χ0n) is 13.0. The zero-order chi connectivity index (χ0) is 17.0. The van der Waals surface area contributed by atoms with Gasteiger partial charge in [0.15, 0.2) is 0 Å². The second kappa shape index (κ2) is 7.42. The molecule has 2 rings (SSSR count). The SMILES string of the molecule is C[C@H](CCc1ccccc1F)C(=O)Nc1cc(Cl)c(=O)n(C)c1. The largest absolute Gasteiger partial charge is 0.325 e. The summed E-state index contributed by atoms with van der Waals surface area (Å²) in [6.07, 6.45) is 2.51. The second-order valence-corrected chi connectivity index (χ2v) is 5.92. The van der Waals surface area contributed by atoms with Gasteiger partial charge in [0.05, 0.1) is 5.69 Å². The molecule has 122 valence electrons. The first-order valence-corrected chi connectivity index (χ1v) is 7.66. The van der Waals surface area contributed by atoms with Crippen LogP contribution in [0.15, 0.2) is 41.3 Å². The van der Waals surface area contributed by atoms with Gasteiger partial charge in [-0.1, -0.05) is 36.7 Å². The second-order valence-electron chi connectivity index (χ2n) is 5.51. The van der Waals surface area contributed by atoms with Crippen LogP contribution in [0.1, 0.15) is 18.9 Å². The van der Waals surface area contributed by atoms with E-state index in [-0.39, 0.29) is 28.2 Å². The fourth-order valence-electron chi connectivity index (χ4n) is 2.21. The summed E-state index contributed by atoms with van der Waals surface area (Å²) in [4.78, 5) is 23.7. The van der Waals surface area contributed by atoms with Crippen LogP contribution in [-0.4, -0.2) is 10.5 Å². The summed E-state index contributed by atoms with van der Waals surface area (Å²) < 4.78 is 14.9. The van der Waals surface area contributed by atoms with Crippen molar-refractivity contribution in [3.05, 3.63) is 63.3 Å². The van der Waals surface area contributed by atoms with Gasteiger partial charge in [-0.2, -0.15) is 0 Å². The third kappa shape index (κ3) is 4.42. The van der Waals surface area contributed by atoms with Crippen LogP contribution in [0.25, 0.3) is 0 Å². The molecule has 1 amide bonds. The van der Waals surface area contributed by atoms with Crippen molar-refractivity contribution in [2.24, 2.45) is 13.0 Å². The number of aromatic nitrogens is 1. The summed E-state index contributed by atoms with van der Waals surface area (Å²) in [5.41, 5.74) is 0.731. The first-order chi connectivity index (χ1) is 10.9. The van der Waals surface area contributed by atoms with Crippen LogP contribution in [-0.2, 0) is 18.3 Å². The lowest BCUT2D eigenvalue weighted by Gasteiger charge is -2.13. The highest BCUT2D eigenvalue weighted by atomic mass is 35.5. The maximum absolute atomic E-state index is 13.6. The molecule has 1 N–H and O–H groups in total. The maximum atomic E-state index is 13.6. The molecule has 2 aromatic rings. The topological polar surface area (TPSA) is 51.1 Å². The Balaban J connectivity index is 1.98. The van der Waals surface area contributed by atoms with E-state index >= 15 is 0 Å². The maximum Gasteiger partial charge on any atom is 0.269 e. The van der Waals surface area contributed by atoms with Gasteiger partial charge < -0.3 is 9.88 Å². The Hall–Kier alpha value is -2.14. The number of amides is 1. The number of hydrogen-bond donors (Lipinski definition) is 1. The molecule has 1 heterocycles. The van der Waals surface area contributed by atoms with Crippen molar-refractivity contribution >= 4 is 23.2 Å². The lowest BCUT2D eigenvalue weighted by molar-refractivity contribution is -0.119. The number of anilines is 1. The lowest BCUT2D eigenvalue weighted by atomic mass is 10.00. The van der Waals surface area contributed by atoms with Gasteiger partial charge in [0.25, 0.3) is 5.56 Å². The number of halogens is 2. The number of benzene rings is 1. The molecular formula is C17H18ClFN2O2. The van der Waals surface area contributed by atoms with Gasteiger partial charge in [-0.3, -0.25) is 9.59 Å². The summed E-state index contributed by atoms with van der Waals surface area (Å²) >= 11 is 5.81. The number of nitrogens with zero attached hydrogens (tertiary/aromatic N) is 1. The van der Waals surface area contributed by atoms with Gasteiger partial charge in [-0.15, -0.1) is 0 Å². The highest BCUT2D eigenvalue weighted by molar-refractivity contribution is 6.30. The molecule has 0 fully saturated rings. The Kier molecular flexibility index (Phi) is 5.55. The fourth-order valence-corrected chi connectivity index (χ4v) is 2.46. The van der Waals surface area contributed by atoms with E-state index in [9.17, 15) is 14.0 Å². The fraction of sp³-hybridized carbons (Fsp3) is 0.294. The zero-order valence-corrected chi connectivity index (χ0v) is 13.7. The number of rotatable bonds is 5. The average molecular weight is 337 g/mol. The monoisotopic (exact) mass is 336 g/mol. The van der Waals surface area contributed by atoms with Gasteiger partial charge in [0, 0.05) is 19.2 Å². The van der Waals surface area contributed by atoms with E-state index in [4.69, 9.17) is 11.6 Å². The van der Waals surface area contributed by atoms with Crippen LogP contribution in [0.4, 0.5) is 10.1 Å². The van der Waals surface area contributed by atoms with Crippen LogP contribution in [0.2, 0.25) is 5.02 Å². The highest BCUT2D eigenvalue weighted by Gasteiger charge is 2.15. The Morgan fingerprint density at radius 3 is 2.74 bits per heavy atom. The van der Waals surface area contributed by atoms with Crippen LogP contribution < -0.4 is 10.9 Å². The van der Waals surface area contributed by atoms with E-state index in [1.54, 1.807) is 32.2 Å². The number of nitrogens with one attached hydrogen (secondary N) is 1. The van der Waals surface area contributed by atoms with Crippen LogP contribution >= 0.6 is 11.6 Å². The first-order valence-electron chi connectivity index (χ1n) is 7.29. The van der Waals surface area contributed by atoms with Gasteiger partial charge in [-0.25, -0.2) is 4.39 Å². The lowest BCUT2D eigenvalue weighted by Crippen LogP contribution is -2.23. The molecule has 6 heteroatoms. The Morgan fingerprint density at radius 1 is 1.39 bits per heavy atom. The molecule has 0 radical (unpaired) electrons. The predicted octanol–water partition coefficient (Wildman–Crippen LogP) is 3.39. The average Bonchev–Trinajstić information content (AvgIpc) is 2.51. The molecule has 0 unspecified atom stereocenters. The minimum absolute atomic E-state index is 0.0457. The summed E-state index contributed by atoms with van der Waals surface area (Å²) in [5.74, 6) is -0.758. The molecule has 1 aromatic heterocycles. The van der Waals surface area contributed by atoms with Gasteiger partial charge in [0.2, 0.25) is 5.91 Å². The molecule has 23 heavy (non-hydrogen) atoms. The molecule has 4 nitrogen and oxygen atoms in total. The predicted molar refractivity (Wildman–Crippen MR) is 89.2 cm³/mol. The minimum Gasteiger partial charge on any atom is -0.325 e. The normalized spacial score (nSPS) is 12.0. The molecule has 0 aliphatic heterocycles. The van der Waals surface area contributed by atoms with Crippen molar-refractivity contribution < 1.29 is 9.18 Å². The summed E-state index contributed by atoms with van der Waals surface area (Å²) in [6.45, 7) is 1.78. The smallest absolute Gasteiger partial charge is 0.269 e. The number of carbonyl (C=O) groups is 1. The summed E-state index contributed by atoms with van der Waals surface area (Å²) in [5, 5.41) is 2.77. The first kappa shape index (κ1) is 17.2. The Labute approximate surface area is 138 Å².